The van der Waals surface area contributed by atoms with E-state index in [1.54, 1.807) is 17.4 Å². The van der Waals surface area contributed by atoms with Gasteiger partial charge in [0.2, 0.25) is 0 Å². The number of urea groups is 1. The Morgan fingerprint density at radius 3 is 2.22 bits per heavy atom. The summed E-state index contributed by atoms with van der Waals surface area (Å²) < 4.78 is 36.2. The molecule has 0 atom stereocenters. The molecule has 0 spiro atoms. The van der Waals surface area contributed by atoms with E-state index in [0.29, 0.717) is 0 Å². The van der Waals surface area contributed by atoms with E-state index < -0.39 is 18.8 Å². The first-order valence-corrected chi connectivity index (χ1v) is 6.95. The number of halogens is 3. The quantitative estimate of drug-likeness (QED) is 0.861. The standard InChI is InChI=1S/C14H16F3N3O3/c15-14(16,17)9-18-13(23)20-7-5-19(6-8-20)12(22)10-3-1-2-4-11(10)21/h1-4,21H,5-9H2,(H,18,23). The lowest BCUT2D eigenvalue weighted by Crippen LogP contribution is -2.54. The van der Waals surface area contributed by atoms with Crippen LogP contribution in [0.25, 0.3) is 0 Å². The van der Waals surface area contributed by atoms with Gasteiger partial charge >= 0.3 is 12.2 Å². The Hall–Kier alpha value is -2.45. The van der Waals surface area contributed by atoms with Gasteiger partial charge in [-0.25, -0.2) is 4.79 Å². The molecule has 0 bridgehead atoms. The number of para-hydroxylation sites is 1. The zero-order valence-electron chi connectivity index (χ0n) is 12.1. The summed E-state index contributed by atoms with van der Waals surface area (Å²) in [6.45, 7) is -0.756. The van der Waals surface area contributed by atoms with Gasteiger partial charge in [-0.05, 0) is 12.1 Å². The molecule has 1 aliphatic rings. The molecule has 0 unspecified atom stereocenters. The van der Waals surface area contributed by atoms with Gasteiger partial charge in [0.25, 0.3) is 5.91 Å². The van der Waals surface area contributed by atoms with Gasteiger partial charge in [-0.1, -0.05) is 12.1 Å². The van der Waals surface area contributed by atoms with Crippen LogP contribution in [0.4, 0.5) is 18.0 Å². The summed E-state index contributed by atoms with van der Waals surface area (Å²) in [5, 5.41) is 11.5. The molecule has 1 saturated heterocycles. The lowest BCUT2D eigenvalue weighted by Gasteiger charge is -2.34. The molecule has 1 heterocycles. The molecule has 1 aromatic rings. The number of rotatable bonds is 2. The molecule has 1 fully saturated rings. The fourth-order valence-electron chi connectivity index (χ4n) is 2.23. The zero-order valence-corrected chi connectivity index (χ0v) is 12.1. The number of hydrogen-bond donors (Lipinski definition) is 2. The van der Waals surface area contributed by atoms with Crippen LogP contribution in [0.2, 0.25) is 0 Å². The topological polar surface area (TPSA) is 72.9 Å². The van der Waals surface area contributed by atoms with Crippen LogP contribution >= 0.6 is 0 Å². The Bertz CT molecular complexity index is 584. The smallest absolute Gasteiger partial charge is 0.405 e. The highest BCUT2D eigenvalue weighted by molar-refractivity contribution is 5.96. The van der Waals surface area contributed by atoms with Gasteiger partial charge in [-0.2, -0.15) is 13.2 Å². The predicted molar refractivity (Wildman–Crippen MR) is 75.0 cm³/mol. The van der Waals surface area contributed by atoms with Gasteiger partial charge in [-0.3, -0.25) is 4.79 Å². The molecule has 6 nitrogen and oxygen atoms in total. The molecular formula is C14H16F3N3O3. The number of nitrogens with zero attached hydrogens (tertiary/aromatic N) is 2. The lowest BCUT2D eigenvalue weighted by atomic mass is 10.1. The van der Waals surface area contributed by atoms with E-state index in [0.717, 1.165) is 0 Å². The molecule has 2 N–H and O–H groups in total. The van der Waals surface area contributed by atoms with Crippen LogP contribution in [0.3, 0.4) is 0 Å². The number of carbonyl (C=O) groups is 2. The van der Waals surface area contributed by atoms with Crippen molar-refractivity contribution < 1.29 is 27.9 Å². The van der Waals surface area contributed by atoms with Crippen molar-refractivity contribution in [1.29, 1.82) is 0 Å². The average molecular weight is 331 g/mol. The van der Waals surface area contributed by atoms with Crippen molar-refractivity contribution in [2.45, 2.75) is 6.18 Å². The molecule has 3 amide bonds. The first kappa shape index (κ1) is 16.9. The Morgan fingerprint density at radius 2 is 1.65 bits per heavy atom. The minimum atomic E-state index is -4.46. The van der Waals surface area contributed by atoms with Gasteiger partial charge in [0.15, 0.2) is 0 Å². The number of nitrogens with one attached hydrogen (secondary N) is 1. The molecule has 23 heavy (non-hydrogen) atoms. The minimum Gasteiger partial charge on any atom is -0.507 e. The maximum atomic E-state index is 12.3. The van der Waals surface area contributed by atoms with Crippen molar-refractivity contribution in [3.05, 3.63) is 29.8 Å². The number of phenols is 1. The van der Waals surface area contributed by atoms with Crippen LogP contribution in [0.15, 0.2) is 24.3 Å². The summed E-state index contributed by atoms with van der Waals surface area (Å²) >= 11 is 0. The lowest BCUT2D eigenvalue weighted by molar-refractivity contribution is -0.123. The SMILES string of the molecule is O=C(NCC(F)(F)F)N1CCN(C(=O)c2ccccc2O)CC1. The zero-order chi connectivity index (χ0) is 17.0. The van der Waals surface area contributed by atoms with E-state index in [1.807, 2.05) is 0 Å². The van der Waals surface area contributed by atoms with Crippen molar-refractivity contribution in [3.63, 3.8) is 0 Å². The maximum absolute atomic E-state index is 12.3. The number of amides is 3. The molecule has 0 saturated carbocycles. The van der Waals surface area contributed by atoms with Crippen molar-refractivity contribution in [1.82, 2.24) is 15.1 Å². The van der Waals surface area contributed by atoms with E-state index in [4.69, 9.17) is 0 Å². The molecule has 0 radical (unpaired) electrons. The van der Waals surface area contributed by atoms with Gasteiger partial charge in [0, 0.05) is 26.2 Å². The summed E-state index contributed by atoms with van der Waals surface area (Å²) in [5.74, 6) is -0.513. The highest BCUT2D eigenvalue weighted by Gasteiger charge is 2.30. The van der Waals surface area contributed by atoms with Crippen LogP contribution in [-0.4, -0.2) is 65.7 Å². The summed E-state index contributed by atoms with van der Waals surface area (Å²) in [6, 6.07) is 5.29. The Kier molecular flexibility index (Phi) is 4.97. The fourth-order valence-corrected chi connectivity index (χ4v) is 2.23. The van der Waals surface area contributed by atoms with Crippen LogP contribution < -0.4 is 5.32 Å². The Morgan fingerprint density at radius 1 is 1.09 bits per heavy atom. The summed E-state index contributed by atoms with van der Waals surface area (Å²) in [6.07, 6.45) is -4.46. The van der Waals surface area contributed by atoms with Crippen molar-refractivity contribution in [2.75, 3.05) is 32.7 Å². The average Bonchev–Trinajstić information content (AvgIpc) is 2.52. The maximum Gasteiger partial charge on any atom is 0.405 e. The van der Waals surface area contributed by atoms with E-state index in [9.17, 15) is 27.9 Å². The Labute approximate surface area is 130 Å². The third kappa shape index (κ3) is 4.51. The third-order valence-corrected chi connectivity index (χ3v) is 3.43. The number of phenolic OH excluding ortho intramolecular Hbond substituents is 1. The molecule has 0 aromatic heterocycles. The number of alkyl halides is 3. The number of hydrogen-bond acceptors (Lipinski definition) is 3. The van der Waals surface area contributed by atoms with E-state index in [2.05, 4.69) is 0 Å². The molecule has 9 heteroatoms. The molecular weight excluding hydrogens is 315 g/mol. The van der Waals surface area contributed by atoms with E-state index in [1.165, 1.54) is 21.9 Å². The molecule has 1 aromatic carbocycles. The second-order valence-corrected chi connectivity index (χ2v) is 5.07. The van der Waals surface area contributed by atoms with Gasteiger partial charge in [0.1, 0.15) is 12.3 Å². The van der Waals surface area contributed by atoms with E-state index in [-0.39, 0.29) is 43.4 Å². The second kappa shape index (κ2) is 6.76. The van der Waals surface area contributed by atoms with Crippen LogP contribution in [0.1, 0.15) is 10.4 Å². The predicted octanol–water partition coefficient (Wildman–Crippen LogP) is 1.42. The monoisotopic (exact) mass is 331 g/mol. The van der Waals surface area contributed by atoms with Crippen LogP contribution in [0.5, 0.6) is 5.75 Å². The molecule has 126 valence electrons. The number of aromatic hydroxyl groups is 1. The van der Waals surface area contributed by atoms with Crippen molar-refractivity contribution in [3.8, 4) is 5.75 Å². The van der Waals surface area contributed by atoms with E-state index >= 15 is 0 Å². The van der Waals surface area contributed by atoms with Crippen molar-refractivity contribution in [2.24, 2.45) is 0 Å². The Balaban J connectivity index is 1.87. The highest BCUT2D eigenvalue weighted by Crippen LogP contribution is 2.19. The third-order valence-electron chi connectivity index (χ3n) is 3.43. The number of piperazine rings is 1. The number of benzene rings is 1. The normalized spacial score (nSPS) is 15.4. The summed E-state index contributed by atoms with van der Waals surface area (Å²) in [7, 11) is 0. The number of carbonyl (C=O) groups excluding carboxylic acids is 2. The van der Waals surface area contributed by atoms with Crippen LogP contribution in [0, 0.1) is 0 Å². The first-order chi connectivity index (χ1) is 10.8. The molecule has 1 aliphatic heterocycles. The van der Waals surface area contributed by atoms with Gasteiger partial charge < -0.3 is 20.2 Å². The fraction of sp³-hybridized carbons (Fsp3) is 0.429. The largest absolute Gasteiger partial charge is 0.507 e. The summed E-state index contributed by atoms with van der Waals surface area (Å²) in [5.41, 5.74) is 0.155. The van der Waals surface area contributed by atoms with Gasteiger partial charge in [0.05, 0.1) is 5.56 Å². The molecule has 2 rings (SSSR count). The van der Waals surface area contributed by atoms with Crippen molar-refractivity contribution >= 4 is 11.9 Å². The summed E-state index contributed by atoms with van der Waals surface area (Å²) in [4.78, 5) is 26.5. The first-order valence-electron chi connectivity index (χ1n) is 6.95. The highest BCUT2D eigenvalue weighted by atomic mass is 19.4. The molecule has 0 aliphatic carbocycles. The second-order valence-electron chi connectivity index (χ2n) is 5.07. The minimum absolute atomic E-state index is 0.128. The van der Waals surface area contributed by atoms with Gasteiger partial charge in [-0.15, -0.1) is 0 Å². The van der Waals surface area contributed by atoms with Crippen LogP contribution in [-0.2, 0) is 0 Å².